The van der Waals surface area contributed by atoms with E-state index in [0.29, 0.717) is 11.3 Å². The molecule has 2 aromatic rings. The molecule has 4 fully saturated rings. The van der Waals surface area contributed by atoms with E-state index in [1.807, 2.05) is 0 Å². The predicted molar refractivity (Wildman–Crippen MR) is 183 cm³/mol. The van der Waals surface area contributed by atoms with E-state index in [1.165, 1.54) is 57.8 Å². The molecule has 2 N–H and O–H groups in total. The number of para-hydroxylation sites is 2. The normalized spacial score (nSPS) is 36.2. The van der Waals surface area contributed by atoms with Gasteiger partial charge >= 0.3 is 0 Å². The molecule has 0 aromatic heterocycles. The van der Waals surface area contributed by atoms with Gasteiger partial charge in [-0.2, -0.15) is 10.2 Å². The van der Waals surface area contributed by atoms with Gasteiger partial charge in [0.25, 0.3) is 0 Å². The Morgan fingerprint density at radius 1 is 0.721 bits per heavy atom. The Morgan fingerprint density at radius 2 is 1.35 bits per heavy atom. The number of anilines is 2. The van der Waals surface area contributed by atoms with Gasteiger partial charge in [0.1, 0.15) is 0 Å². The predicted octanol–water partition coefficient (Wildman–Crippen LogP) is 10.7. The van der Waals surface area contributed by atoms with Crippen molar-refractivity contribution in [3.05, 3.63) is 60.7 Å². The smallest absolute Gasteiger partial charge is 0.0845 e. The second-order valence-electron chi connectivity index (χ2n) is 15.6. The zero-order valence-electron chi connectivity index (χ0n) is 27.5. The van der Waals surface area contributed by atoms with E-state index in [4.69, 9.17) is 10.2 Å². The van der Waals surface area contributed by atoms with Gasteiger partial charge in [-0.25, -0.2) is 0 Å². The third-order valence-electron chi connectivity index (χ3n) is 12.8. The summed E-state index contributed by atoms with van der Waals surface area (Å²) >= 11 is 0. The van der Waals surface area contributed by atoms with Gasteiger partial charge in [-0.3, -0.25) is 10.9 Å². The molecule has 8 atom stereocenters. The van der Waals surface area contributed by atoms with Crippen molar-refractivity contribution in [2.45, 2.75) is 105 Å². The summed E-state index contributed by atoms with van der Waals surface area (Å²) in [6.07, 6.45) is 14.7. The quantitative estimate of drug-likeness (QED) is 0.290. The molecule has 4 nitrogen and oxygen atoms in total. The van der Waals surface area contributed by atoms with E-state index in [1.54, 1.807) is 0 Å². The fourth-order valence-corrected chi connectivity index (χ4v) is 10.5. The van der Waals surface area contributed by atoms with Crippen LogP contribution in [-0.4, -0.2) is 11.4 Å². The molecule has 0 spiro atoms. The molecular formula is C39H56N4. The summed E-state index contributed by atoms with van der Waals surface area (Å²) in [5.41, 5.74) is 11.9. The van der Waals surface area contributed by atoms with Crippen LogP contribution in [0, 0.1) is 52.3 Å². The molecule has 2 unspecified atom stereocenters. The molecule has 0 bridgehead atoms. The molecular weight excluding hydrogens is 524 g/mol. The molecule has 232 valence electrons. The van der Waals surface area contributed by atoms with Crippen LogP contribution in [0.5, 0.6) is 0 Å². The minimum absolute atomic E-state index is 0.286. The zero-order valence-corrected chi connectivity index (χ0v) is 27.5. The van der Waals surface area contributed by atoms with Crippen LogP contribution < -0.4 is 10.9 Å². The van der Waals surface area contributed by atoms with Gasteiger partial charge in [0.2, 0.25) is 0 Å². The highest BCUT2D eigenvalue weighted by Gasteiger charge is 2.61. The maximum absolute atomic E-state index is 5.07. The summed E-state index contributed by atoms with van der Waals surface area (Å²) < 4.78 is 0. The summed E-state index contributed by atoms with van der Waals surface area (Å²) in [7, 11) is 0. The van der Waals surface area contributed by atoms with Crippen LogP contribution in [0.1, 0.15) is 105 Å². The Kier molecular flexibility index (Phi) is 9.04. The first-order chi connectivity index (χ1) is 20.8. The van der Waals surface area contributed by atoms with Crippen LogP contribution in [0.4, 0.5) is 11.4 Å². The van der Waals surface area contributed by atoms with Crippen molar-refractivity contribution in [1.29, 1.82) is 0 Å². The summed E-state index contributed by atoms with van der Waals surface area (Å²) in [5.74, 6) is 5.86. The number of nitrogens with one attached hydrogen (secondary N) is 2. The molecule has 2 aromatic carbocycles. The highest BCUT2D eigenvalue weighted by atomic mass is 15.3. The van der Waals surface area contributed by atoms with Gasteiger partial charge in [0.05, 0.1) is 22.8 Å². The molecule has 4 heteroatoms. The van der Waals surface area contributed by atoms with Gasteiger partial charge in [-0.1, -0.05) is 90.3 Å². The van der Waals surface area contributed by atoms with Gasteiger partial charge in [-0.15, -0.1) is 0 Å². The van der Waals surface area contributed by atoms with Crippen molar-refractivity contribution in [3.63, 3.8) is 0 Å². The van der Waals surface area contributed by atoms with Crippen molar-refractivity contribution in [2.75, 3.05) is 10.9 Å². The third-order valence-corrected chi connectivity index (χ3v) is 12.8. The molecule has 0 radical (unpaired) electrons. The lowest BCUT2D eigenvalue weighted by atomic mass is 9.44. The van der Waals surface area contributed by atoms with Crippen molar-refractivity contribution in [3.8, 4) is 0 Å². The first kappa shape index (κ1) is 30.4. The number of hydrogen-bond donors (Lipinski definition) is 2. The minimum Gasteiger partial charge on any atom is -0.278 e. The average molecular weight is 581 g/mol. The topological polar surface area (TPSA) is 48.8 Å². The Hall–Kier alpha value is -2.62. The molecule has 43 heavy (non-hydrogen) atoms. The van der Waals surface area contributed by atoms with Crippen molar-refractivity contribution in [2.24, 2.45) is 62.5 Å². The molecule has 4 aliphatic rings. The zero-order chi connectivity index (χ0) is 30.0. The Morgan fingerprint density at radius 3 is 2.00 bits per heavy atom. The lowest BCUT2D eigenvalue weighted by Gasteiger charge is -2.60. The summed E-state index contributed by atoms with van der Waals surface area (Å²) in [5, 5.41) is 10.1. The van der Waals surface area contributed by atoms with Crippen LogP contribution in [0.15, 0.2) is 70.9 Å². The number of nitrogens with zero attached hydrogens (tertiary/aromatic N) is 2. The number of benzene rings is 2. The van der Waals surface area contributed by atoms with Gasteiger partial charge in [0.15, 0.2) is 0 Å². The number of hydrazone groups is 2. The maximum atomic E-state index is 5.07. The number of rotatable bonds is 9. The second-order valence-corrected chi connectivity index (χ2v) is 15.6. The van der Waals surface area contributed by atoms with E-state index >= 15 is 0 Å². The van der Waals surface area contributed by atoms with Gasteiger partial charge in [0, 0.05) is 0 Å². The van der Waals surface area contributed by atoms with E-state index in [0.717, 1.165) is 71.1 Å². The average Bonchev–Trinajstić information content (AvgIpc) is 3.37. The molecule has 0 aliphatic heterocycles. The van der Waals surface area contributed by atoms with E-state index < -0.39 is 0 Å². The first-order valence-corrected chi connectivity index (χ1v) is 17.5. The molecule has 4 aliphatic carbocycles. The molecule has 0 amide bonds. The van der Waals surface area contributed by atoms with Crippen molar-refractivity contribution < 1.29 is 0 Å². The first-order valence-electron chi connectivity index (χ1n) is 17.5. The lowest BCUT2D eigenvalue weighted by Crippen LogP contribution is -2.55. The van der Waals surface area contributed by atoms with E-state index in [-0.39, 0.29) is 5.41 Å². The Bertz CT molecular complexity index is 1270. The summed E-state index contributed by atoms with van der Waals surface area (Å²) in [6.45, 7) is 12.7. The Balaban J connectivity index is 1.22. The second kappa shape index (κ2) is 12.8. The van der Waals surface area contributed by atoms with Crippen LogP contribution in [0.2, 0.25) is 0 Å². The van der Waals surface area contributed by atoms with Crippen LogP contribution in [-0.2, 0) is 0 Å². The Labute approximate surface area is 261 Å². The monoisotopic (exact) mass is 580 g/mol. The van der Waals surface area contributed by atoms with Crippen molar-refractivity contribution >= 4 is 22.8 Å². The van der Waals surface area contributed by atoms with E-state index in [9.17, 15) is 0 Å². The van der Waals surface area contributed by atoms with E-state index in [2.05, 4.69) is 106 Å². The highest BCUT2D eigenvalue weighted by Crippen LogP contribution is 2.68. The maximum Gasteiger partial charge on any atom is 0.0845 e. The molecule has 4 saturated carbocycles. The largest absolute Gasteiger partial charge is 0.278 e. The number of fused-ring (bicyclic) bond motifs is 5. The fourth-order valence-electron chi connectivity index (χ4n) is 10.5. The standard InChI is InChI=1S/C39H56N4/c1-27(2)13-12-14-28(3)33-21-22-34-32-20-19-29-25-36(42-40-30-15-8-6-9-16-30)37(43-41-31-17-10-7-11-18-31)26-39(29,5)35(32)23-24-38(33,34)4/h6-11,15-18,27-29,32-35,40-41H,12-14,19-26H2,1-5H3/b42-36+,43-37+/t28-,29+,32+,33-,34?,35?,38-,39+/m1/s1. The highest BCUT2D eigenvalue weighted by molar-refractivity contribution is 6.43. The summed E-state index contributed by atoms with van der Waals surface area (Å²) in [6, 6.07) is 20.7. The minimum atomic E-state index is 0.286. The third kappa shape index (κ3) is 6.18. The molecule has 6 rings (SSSR count). The van der Waals surface area contributed by atoms with Crippen LogP contribution >= 0.6 is 0 Å². The molecule has 0 saturated heterocycles. The SMILES string of the molecule is CC(C)CCC[C@@H](C)[C@H]1CCC2[C@@H]3CC[C@H]4CC(=N\Nc5ccccc5)/C(=N/Nc5ccccc5)C[C@]4(C)C3CC[C@@]21C. The fraction of sp³-hybridized carbons (Fsp3) is 0.641. The van der Waals surface area contributed by atoms with Gasteiger partial charge in [-0.05, 0) is 128 Å². The van der Waals surface area contributed by atoms with Crippen LogP contribution in [0.3, 0.4) is 0 Å². The van der Waals surface area contributed by atoms with Crippen LogP contribution in [0.25, 0.3) is 0 Å². The molecule has 0 heterocycles. The lowest BCUT2D eigenvalue weighted by molar-refractivity contribution is -0.0973. The number of hydrogen-bond acceptors (Lipinski definition) is 4. The van der Waals surface area contributed by atoms with Crippen molar-refractivity contribution in [1.82, 2.24) is 0 Å². The van der Waals surface area contributed by atoms with Gasteiger partial charge < -0.3 is 0 Å². The summed E-state index contributed by atoms with van der Waals surface area (Å²) in [4.78, 5) is 0.